The van der Waals surface area contributed by atoms with Crippen LogP contribution in [0.15, 0.2) is 76.6 Å². The summed E-state index contributed by atoms with van der Waals surface area (Å²) in [5, 5.41) is 0.418. The SMILES string of the molecule is CCOC(=O)c1ccc(N2C(=O)C3Sc4[nH]c(=O)sc4C(c4ccc(OCc5cccc(Cl)c5)c(OC)c4)C3C2=O)cc1. The topological polar surface area (TPSA) is 115 Å². The number of nitrogens with one attached hydrogen (secondary N) is 1. The van der Waals surface area contributed by atoms with E-state index in [1.54, 1.807) is 37.3 Å². The van der Waals surface area contributed by atoms with Crippen LogP contribution in [0.25, 0.3) is 0 Å². The van der Waals surface area contributed by atoms with Gasteiger partial charge in [0.15, 0.2) is 11.5 Å². The van der Waals surface area contributed by atoms with Crippen LogP contribution in [0.1, 0.15) is 39.2 Å². The molecule has 1 fully saturated rings. The Hall–Kier alpha value is -4.06. The number of thioether (sulfide) groups is 1. The third kappa shape index (κ3) is 5.44. The lowest BCUT2D eigenvalue weighted by Gasteiger charge is -2.30. The van der Waals surface area contributed by atoms with E-state index in [-0.39, 0.29) is 29.9 Å². The van der Waals surface area contributed by atoms with Crippen molar-refractivity contribution in [2.45, 2.75) is 29.7 Å². The molecule has 3 aromatic carbocycles. The van der Waals surface area contributed by atoms with Crippen LogP contribution < -0.4 is 19.2 Å². The number of hydrogen-bond donors (Lipinski definition) is 1. The molecule has 0 aliphatic carbocycles. The van der Waals surface area contributed by atoms with E-state index >= 15 is 0 Å². The number of aromatic amines is 1. The summed E-state index contributed by atoms with van der Waals surface area (Å²) < 4.78 is 16.7. The van der Waals surface area contributed by atoms with Gasteiger partial charge in [0.25, 0.3) is 0 Å². The van der Waals surface area contributed by atoms with Crippen LogP contribution in [0.3, 0.4) is 0 Å². The second kappa shape index (κ2) is 11.9. The fraction of sp³-hybridized carbons (Fsp3) is 0.226. The molecule has 2 aliphatic heterocycles. The summed E-state index contributed by atoms with van der Waals surface area (Å²) in [6.07, 6.45) is 0. The van der Waals surface area contributed by atoms with Crippen molar-refractivity contribution in [3.63, 3.8) is 0 Å². The summed E-state index contributed by atoms with van der Waals surface area (Å²) >= 11 is 8.32. The minimum Gasteiger partial charge on any atom is -0.493 e. The number of benzene rings is 3. The van der Waals surface area contributed by atoms with Crippen molar-refractivity contribution in [2.24, 2.45) is 5.92 Å². The lowest BCUT2D eigenvalue weighted by Crippen LogP contribution is -2.32. The van der Waals surface area contributed by atoms with Crippen molar-refractivity contribution in [3.8, 4) is 11.5 Å². The molecule has 9 nitrogen and oxygen atoms in total. The Morgan fingerprint density at radius 1 is 1.00 bits per heavy atom. The first-order valence-electron chi connectivity index (χ1n) is 13.4. The van der Waals surface area contributed by atoms with Gasteiger partial charge in [-0.25, -0.2) is 9.69 Å². The zero-order valence-electron chi connectivity index (χ0n) is 23.0. The Morgan fingerprint density at radius 2 is 1.79 bits per heavy atom. The van der Waals surface area contributed by atoms with Gasteiger partial charge < -0.3 is 19.2 Å². The molecule has 3 atom stereocenters. The number of H-pyrrole nitrogens is 1. The maximum atomic E-state index is 14.0. The Balaban J connectivity index is 1.34. The molecule has 6 rings (SSSR count). The molecule has 4 aromatic rings. The van der Waals surface area contributed by atoms with Crippen LogP contribution in [-0.2, 0) is 20.9 Å². The molecule has 2 aliphatic rings. The van der Waals surface area contributed by atoms with E-state index in [2.05, 4.69) is 4.98 Å². The maximum absolute atomic E-state index is 14.0. The fourth-order valence-corrected chi connectivity index (χ4v) is 8.10. The first-order valence-corrected chi connectivity index (χ1v) is 15.5. The van der Waals surface area contributed by atoms with Crippen molar-refractivity contribution >= 4 is 58.2 Å². The molecule has 2 amide bonds. The number of nitrogens with zero attached hydrogens (tertiary/aromatic N) is 1. The first-order chi connectivity index (χ1) is 20.8. The Morgan fingerprint density at radius 3 is 2.51 bits per heavy atom. The molecular weight excluding hydrogens is 612 g/mol. The minimum absolute atomic E-state index is 0.234. The average Bonchev–Trinajstić information content (AvgIpc) is 3.50. The Bertz CT molecular complexity index is 1790. The molecule has 3 unspecified atom stereocenters. The third-order valence-corrected chi connectivity index (χ3v) is 9.93. The molecule has 1 N–H and O–H groups in total. The van der Waals surface area contributed by atoms with E-state index in [0.29, 0.717) is 43.2 Å². The summed E-state index contributed by atoms with van der Waals surface area (Å²) in [5.41, 5.74) is 2.27. The summed E-state index contributed by atoms with van der Waals surface area (Å²) in [7, 11) is 1.52. The predicted octanol–water partition coefficient (Wildman–Crippen LogP) is 5.65. The smallest absolute Gasteiger partial charge is 0.338 e. The van der Waals surface area contributed by atoms with Crippen LogP contribution in [0, 0.1) is 5.92 Å². The number of hydrogen-bond acceptors (Lipinski definition) is 9. The molecule has 12 heteroatoms. The molecule has 0 radical (unpaired) electrons. The van der Waals surface area contributed by atoms with Gasteiger partial charge in [-0.2, -0.15) is 0 Å². The number of carbonyl (C=O) groups excluding carboxylic acids is 3. The highest BCUT2D eigenvalue weighted by Crippen LogP contribution is 2.53. The number of aromatic nitrogens is 1. The molecule has 0 bridgehead atoms. The zero-order valence-corrected chi connectivity index (χ0v) is 25.4. The number of thiazole rings is 1. The van der Waals surface area contributed by atoms with E-state index in [9.17, 15) is 19.2 Å². The van der Waals surface area contributed by atoms with E-state index in [1.807, 2.05) is 24.3 Å². The lowest BCUT2D eigenvalue weighted by molar-refractivity contribution is -0.122. The predicted molar refractivity (Wildman–Crippen MR) is 164 cm³/mol. The van der Waals surface area contributed by atoms with Crippen LogP contribution in [0.2, 0.25) is 5.02 Å². The van der Waals surface area contributed by atoms with Crippen LogP contribution in [0.5, 0.6) is 11.5 Å². The molecule has 3 heterocycles. The highest BCUT2D eigenvalue weighted by Gasteiger charge is 2.56. The monoisotopic (exact) mass is 636 g/mol. The summed E-state index contributed by atoms with van der Waals surface area (Å²) in [4.78, 5) is 56.7. The van der Waals surface area contributed by atoms with E-state index in [4.69, 9.17) is 25.8 Å². The number of anilines is 1. The molecule has 0 spiro atoms. The number of fused-ring (bicyclic) bond motifs is 2. The fourth-order valence-electron chi connectivity index (χ4n) is 5.38. The van der Waals surface area contributed by atoms with E-state index in [0.717, 1.165) is 16.9 Å². The van der Waals surface area contributed by atoms with Gasteiger partial charge >= 0.3 is 10.8 Å². The van der Waals surface area contributed by atoms with Gasteiger partial charge in [-0.05, 0) is 66.6 Å². The maximum Gasteiger partial charge on any atom is 0.338 e. The largest absolute Gasteiger partial charge is 0.493 e. The molecule has 1 aromatic heterocycles. The highest BCUT2D eigenvalue weighted by atomic mass is 35.5. The van der Waals surface area contributed by atoms with Gasteiger partial charge in [0.05, 0.1) is 35.9 Å². The Kier molecular flexibility index (Phi) is 8.04. The number of ether oxygens (including phenoxy) is 3. The second-order valence-electron chi connectivity index (χ2n) is 9.86. The van der Waals surface area contributed by atoms with Crippen molar-refractivity contribution in [1.82, 2.24) is 4.98 Å². The van der Waals surface area contributed by atoms with Gasteiger partial charge in [-0.15, -0.1) is 0 Å². The summed E-state index contributed by atoms with van der Waals surface area (Å²) in [6.45, 7) is 2.21. The number of rotatable bonds is 8. The minimum atomic E-state index is -0.774. The van der Waals surface area contributed by atoms with E-state index < -0.39 is 23.1 Å². The normalized spacial score (nSPS) is 19.1. The Labute approximate surface area is 259 Å². The number of esters is 1. The quantitative estimate of drug-likeness (QED) is 0.195. The van der Waals surface area contributed by atoms with Crippen molar-refractivity contribution in [3.05, 3.63) is 103 Å². The summed E-state index contributed by atoms with van der Waals surface area (Å²) in [6, 6.07) is 18.9. The lowest BCUT2D eigenvalue weighted by atomic mass is 9.83. The third-order valence-electron chi connectivity index (χ3n) is 7.29. The molecule has 220 valence electrons. The zero-order chi connectivity index (χ0) is 30.2. The van der Waals surface area contributed by atoms with E-state index in [1.165, 1.54) is 35.9 Å². The standard InChI is InChI=1S/C31H25ClN2O7S2/c1-3-40-30(37)17-7-10-20(11-8-17)34-28(35)24-23(25-27(33-31(38)43-25)42-26(24)29(34)36)18-9-12-21(22(14-18)39-2)41-15-16-5-4-6-19(32)13-16/h4-14,23-24,26H,3,15H2,1-2H3,(H,33,38). The van der Waals surface area contributed by atoms with Gasteiger partial charge in [-0.3, -0.25) is 14.4 Å². The molecule has 1 saturated heterocycles. The second-order valence-corrected chi connectivity index (χ2v) is 12.5. The average molecular weight is 637 g/mol. The summed E-state index contributed by atoms with van der Waals surface area (Å²) in [5.74, 6) is -1.68. The number of carbonyl (C=O) groups is 3. The molecular formula is C31H25ClN2O7S2. The molecule has 0 saturated carbocycles. The van der Waals surface area contributed by atoms with Crippen LogP contribution >= 0.6 is 34.7 Å². The van der Waals surface area contributed by atoms with Gasteiger partial charge in [0, 0.05) is 15.8 Å². The van der Waals surface area contributed by atoms with Gasteiger partial charge in [0.1, 0.15) is 11.9 Å². The highest BCUT2D eigenvalue weighted by molar-refractivity contribution is 8.00. The van der Waals surface area contributed by atoms with Gasteiger partial charge in [-0.1, -0.05) is 52.9 Å². The number of methoxy groups -OCH3 is 1. The van der Waals surface area contributed by atoms with Crippen molar-refractivity contribution in [1.29, 1.82) is 0 Å². The number of halogens is 1. The van der Waals surface area contributed by atoms with Crippen LogP contribution in [0.4, 0.5) is 5.69 Å². The van der Waals surface area contributed by atoms with Crippen molar-refractivity contribution < 1.29 is 28.6 Å². The van der Waals surface area contributed by atoms with Crippen molar-refractivity contribution in [2.75, 3.05) is 18.6 Å². The molecule has 43 heavy (non-hydrogen) atoms. The first kappa shape index (κ1) is 29.0. The van der Waals surface area contributed by atoms with Gasteiger partial charge in [0.2, 0.25) is 11.8 Å². The number of imide groups is 1. The number of amides is 2. The van der Waals surface area contributed by atoms with Crippen LogP contribution in [-0.4, -0.2) is 41.7 Å².